The molecule has 2 rings (SSSR count). The first kappa shape index (κ1) is 10.2. The van der Waals surface area contributed by atoms with Crippen LogP contribution in [0.5, 0.6) is 0 Å². The maximum atomic E-state index is 4.23. The number of hydrogen-bond acceptors (Lipinski definition) is 2. The van der Waals surface area contributed by atoms with Gasteiger partial charge in [0.05, 0.1) is 16.4 Å². The second kappa shape index (κ2) is 3.66. The van der Waals surface area contributed by atoms with Crippen LogP contribution < -0.4 is 5.32 Å². The number of nitrogens with one attached hydrogen (secondary N) is 1. The van der Waals surface area contributed by atoms with Crippen molar-refractivity contribution >= 4 is 15.9 Å². The molecule has 0 saturated carbocycles. The monoisotopic (exact) mass is 257 g/mol. The van der Waals surface area contributed by atoms with Crippen LogP contribution in [0.1, 0.15) is 25.5 Å². The average Bonchev–Trinajstić information content (AvgIpc) is 2.68. The van der Waals surface area contributed by atoms with Crippen LogP contribution in [0.3, 0.4) is 0 Å². The fraction of sp³-hybridized carbons (Fsp3) is 0.700. The molecule has 14 heavy (non-hydrogen) atoms. The summed E-state index contributed by atoms with van der Waals surface area (Å²) in [6, 6.07) is 0. The zero-order chi connectivity index (χ0) is 10.2. The van der Waals surface area contributed by atoms with E-state index in [-0.39, 0.29) is 5.54 Å². The van der Waals surface area contributed by atoms with Crippen molar-refractivity contribution in [2.75, 3.05) is 6.54 Å². The smallest absolute Gasteiger partial charge is 0.0635 e. The van der Waals surface area contributed by atoms with Crippen LogP contribution in [-0.2, 0) is 13.5 Å². The van der Waals surface area contributed by atoms with Gasteiger partial charge in [0.1, 0.15) is 0 Å². The molecule has 1 aliphatic heterocycles. The second-order valence-corrected chi connectivity index (χ2v) is 5.18. The van der Waals surface area contributed by atoms with Crippen LogP contribution in [0.4, 0.5) is 0 Å². The first-order chi connectivity index (χ1) is 6.61. The summed E-state index contributed by atoms with van der Waals surface area (Å²) < 4.78 is 3.07. The second-order valence-electron chi connectivity index (χ2n) is 4.33. The Bertz CT molecular complexity index is 307. The van der Waals surface area contributed by atoms with Crippen molar-refractivity contribution in [3.63, 3.8) is 0 Å². The van der Waals surface area contributed by atoms with Crippen molar-refractivity contribution in [2.45, 2.75) is 31.7 Å². The van der Waals surface area contributed by atoms with Crippen LogP contribution >= 0.6 is 15.9 Å². The Kier molecular flexibility index (Phi) is 2.66. The van der Waals surface area contributed by atoms with Crippen LogP contribution in [0.25, 0.3) is 0 Å². The van der Waals surface area contributed by atoms with E-state index in [2.05, 4.69) is 33.3 Å². The molecule has 1 fully saturated rings. The van der Waals surface area contributed by atoms with E-state index in [0.29, 0.717) is 0 Å². The molecule has 0 spiro atoms. The largest absolute Gasteiger partial charge is 0.311 e. The first-order valence-electron chi connectivity index (χ1n) is 5.02. The van der Waals surface area contributed by atoms with Gasteiger partial charge in [0, 0.05) is 19.0 Å². The number of hydrogen-bond donors (Lipinski definition) is 1. The van der Waals surface area contributed by atoms with E-state index in [1.165, 1.54) is 18.5 Å². The quantitative estimate of drug-likeness (QED) is 0.877. The summed E-state index contributed by atoms with van der Waals surface area (Å²) in [5.74, 6) is 0. The molecule has 1 N–H and O–H groups in total. The third kappa shape index (κ3) is 1.86. The molecular weight excluding hydrogens is 242 g/mol. The van der Waals surface area contributed by atoms with E-state index in [1.807, 2.05) is 17.9 Å². The van der Waals surface area contributed by atoms with Gasteiger partial charge in [0.2, 0.25) is 0 Å². The van der Waals surface area contributed by atoms with Crippen LogP contribution in [0.2, 0.25) is 0 Å². The highest BCUT2D eigenvalue weighted by Crippen LogP contribution is 2.26. The summed E-state index contributed by atoms with van der Waals surface area (Å²) in [4.78, 5) is 0. The SMILES string of the molecule is Cn1ncc(Br)c1CC1(C)CCCN1. The molecule has 0 aromatic carbocycles. The highest BCUT2D eigenvalue weighted by Gasteiger charge is 2.29. The Hall–Kier alpha value is -0.350. The van der Waals surface area contributed by atoms with Crippen molar-refractivity contribution in [2.24, 2.45) is 7.05 Å². The summed E-state index contributed by atoms with van der Waals surface area (Å²) in [6.07, 6.45) is 5.45. The topological polar surface area (TPSA) is 29.9 Å². The Morgan fingerprint density at radius 2 is 2.50 bits per heavy atom. The maximum absolute atomic E-state index is 4.23. The van der Waals surface area contributed by atoms with E-state index in [1.54, 1.807) is 0 Å². The minimum Gasteiger partial charge on any atom is -0.311 e. The lowest BCUT2D eigenvalue weighted by molar-refractivity contribution is 0.400. The zero-order valence-corrected chi connectivity index (χ0v) is 10.3. The van der Waals surface area contributed by atoms with Crippen LogP contribution in [0.15, 0.2) is 10.7 Å². The zero-order valence-electron chi connectivity index (χ0n) is 8.68. The van der Waals surface area contributed by atoms with Gasteiger partial charge in [0.15, 0.2) is 0 Å². The molecule has 1 unspecified atom stereocenters. The van der Waals surface area contributed by atoms with Crippen molar-refractivity contribution in [1.82, 2.24) is 15.1 Å². The van der Waals surface area contributed by atoms with E-state index < -0.39 is 0 Å². The summed E-state index contributed by atoms with van der Waals surface area (Å²) in [7, 11) is 2.00. The standard InChI is InChI=1S/C10H16BrN3/c1-10(4-3-5-12-10)6-9-8(11)7-13-14(9)2/h7,12H,3-6H2,1-2H3. The lowest BCUT2D eigenvalue weighted by atomic mass is 9.94. The number of aromatic nitrogens is 2. The minimum absolute atomic E-state index is 0.260. The molecule has 2 heterocycles. The van der Waals surface area contributed by atoms with Gasteiger partial charge in [0.25, 0.3) is 0 Å². The highest BCUT2D eigenvalue weighted by atomic mass is 79.9. The Labute approximate surface area is 93.0 Å². The van der Waals surface area contributed by atoms with Crippen molar-refractivity contribution in [3.05, 3.63) is 16.4 Å². The minimum atomic E-state index is 0.260. The Morgan fingerprint density at radius 1 is 1.71 bits per heavy atom. The van der Waals surface area contributed by atoms with Gasteiger partial charge in [-0.3, -0.25) is 4.68 Å². The molecule has 3 nitrogen and oxygen atoms in total. The number of nitrogens with zero attached hydrogens (tertiary/aromatic N) is 2. The van der Waals surface area contributed by atoms with Gasteiger partial charge in [-0.15, -0.1) is 0 Å². The van der Waals surface area contributed by atoms with Crippen LogP contribution in [-0.4, -0.2) is 21.9 Å². The summed E-state index contributed by atoms with van der Waals surface area (Å²) >= 11 is 3.54. The fourth-order valence-electron chi connectivity index (χ4n) is 2.11. The summed E-state index contributed by atoms with van der Waals surface area (Å²) in [5.41, 5.74) is 1.54. The molecule has 0 radical (unpaired) electrons. The van der Waals surface area contributed by atoms with Crippen molar-refractivity contribution < 1.29 is 0 Å². The van der Waals surface area contributed by atoms with E-state index in [9.17, 15) is 0 Å². The molecule has 0 aliphatic carbocycles. The van der Waals surface area contributed by atoms with Crippen molar-refractivity contribution in [3.8, 4) is 0 Å². The maximum Gasteiger partial charge on any atom is 0.0635 e. The predicted octanol–water partition coefficient (Wildman–Crippen LogP) is 1.87. The van der Waals surface area contributed by atoms with Gasteiger partial charge in [-0.05, 0) is 42.2 Å². The van der Waals surface area contributed by atoms with Crippen LogP contribution in [0, 0.1) is 0 Å². The van der Waals surface area contributed by atoms with Gasteiger partial charge in [-0.25, -0.2) is 0 Å². The normalized spacial score (nSPS) is 27.1. The lowest BCUT2D eigenvalue weighted by Crippen LogP contribution is -2.39. The summed E-state index contributed by atoms with van der Waals surface area (Å²) in [6.45, 7) is 3.44. The lowest BCUT2D eigenvalue weighted by Gasteiger charge is -2.24. The van der Waals surface area contributed by atoms with Gasteiger partial charge >= 0.3 is 0 Å². The molecule has 1 aromatic rings. The molecule has 0 bridgehead atoms. The number of halogens is 1. The van der Waals surface area contributed by atoms with Crippen molar-refractivity contribution in [1.29, 1.82) is 0 Å². The molecule has 1 aromatic heterocycles. The highest BCUT2D eigenvalue weighted by molar-refractivity contribution is 9.10. The molecule has 4 heteroatoms. The van der Waals surface area contributed by atoms with E-state index >= 15 is 0 Å². The Balaban J connectivity index is 2.17. The number of rotatable bonds is 2. The predicted molar refractivity (Wildman–Crippen MR) is 60.3 cm³/mol. The molecule has 0 amide bonds. The van der Waals surface area contributed by atoms with Gasteiger partial charge < -0.3 is 5.32 Å². The van der Waals surface area contributed by atoms with E-state index in [4.69, 9.17) is 0 Å². The molecule has 78 valence electrons. The van der Waals surface area contributed by atoms with Gasteiger partial charge in [-0.2, -0.15) is 5.10 Å². The fourth-order valence-corrected chi connectivity index (χ4v) is 2.60. The third-order valence-corrected chi connectivity index (χ3v) is 3.69. The van der Waals surface area contributed by atoms with E-state index in [0.717, 1.165) is 17.4 Å². The average molecular weight is 258 g/mol. The molecular formula is C10H16BrN3. The van der Waals surface area contributed by atoms with Gasteiger partial charge in [-0.1, -0.05) is 0 Å². The summed E-state index contributed by atoms with van der Waals surface area (Å²) in [5, 5.41) is 7.80. The third-order valence-electron chi connectivity index (χ3n) is 3.03. The number of aryl methyl sites for hydroxylation is 1. The first-order valence-corrected chi connectivity index (χ1v) is 5.81. The Morgan fingerprint density at radius 3 is 3.00 bits per heavy atom. The molecule has 1 saturated heterocycles. The molecule has 1 aliphatic rings. The molecule has 1 atom stereocenters.